The SMILES string of the molecule is Cc1csc(-c2ccc(NC(=O)[C@H]3CCN[C@@H](C)C3)cc2)n1. The third-order valence-electron chi connectivity index (χ3n) is 4.01. The number of hydrogen-bond acceptors (Lipinski definition) is 4. The van der Waals surface area contributed by atoms with Crippen molar-refractivity contribution in [3.8, 4) is 10.6 Å². The number of carbonyl (C=O) groups excluding carboxylic acids is 1. The summed E-state index contributed by atoms with van der Waals surface area (Å²) in [6.45, 7) is 5.04. The number of amides is 1. The minimum atomic E-state index is 0.109. The van der Waals surface area contributed by atoms with E-state index in [-0.39, 0.29) is 11.8 Å². The van der Waals surface area contributed by atoms with Gasteiger partial charge >= 0.3 is 0 Å². The number of carbonyl (C=O) groups is 1. The second-order valence-corrected chi connectivity index (χ2v) is 6.80. The predicted octanol–water partition coefficient (Wildman–Crippen LogP) is 3.45. The van der Waals surface area contributed by atoms with E-state index in [9.17, 15) is 4.79 Å². The molecule has 1 saturated heterocycles. The van der Waals surface area contributed by atoms with Crippen molar-refractivity contribution in [2.45, 2.75) is 32.7 Å². The number of rotatable bonds is 3. The number of piperidine rings is 1. The molecule has 2 heterocycles. The summed E-state index contributed by atoms with van der Waals surface area (Å²) in [7, 11) is 0. The molecular weight excluding hydrogens is 294 g/mol. The van der Waals surface area contributed by atoms with Gasteiger partial charge in [-0.05, 0) is 57.5 Å². The number of hydrogen-bond donors (Lipinski definition) is 2. The zero-order valence-corrected chi connectivity index (χ0v) is 13.7. The number of nitrogens with one attached hydrogen (secondary N) is 2. The molecule has 2 aromatic rings. The van der Waals surface area contributed by atoms with Crippen molar-refractivity contribution in [2.24, 2.45) is 5.92 Å². The van der Waals surface area contributed by atoms with Crippen LogP contribution in [0.25, 0.3) is 10.6 Å². The van der Waals surface area contributed by atoms with Crippen molar-refractivity contribution in [1.82, 2.24) is 10.3 Å². The van der Waals surface area contributed by atoms with Gasteiger partial charge in [-0.1, -0.05) is 0 Å². The van der Waals surface area contributed by atoms with Gasteiger partial charge in [-0.15, -0.1) is 11.3 Å². The van der Waals surface area contributed by atoms with Gasteiger partial charge in [-0.3, -0.25) is 4.79 Å². The zero-order chi connectivity index (χ0) is 15.5. The molecule has 1 aliphatic rings. The largest absolute Gasteiger partial charge is 0.326 e. The summed E-state index contributed by atoms with van der Waals surface area (Å²) >= 11 is 1.64. The number of anilines is 1. The Kier molecular flexibility index (Phi) is 4.55. The van der Waals surface area contributed by atoms with Gasteiger partial charge in [0.15, 0.2) is 0 Å². The lowest BCUT2D eigenvalue weighted by molar-refractivity contribution is -0.120. The molecule has 4 nitrogen and oxygen atoms in total. The van der Waals surface area contributed by atoms with Crippen molar-refractivity contribution in [2.75, 3.05) is 11.9 Å². The highest BCUT2D eigenvalue weighted by Crippen LogP contribution is 2.25. The molecule has 0 radical (unpaired) electrons. The van der Waals surface area contributed by atoms with Gasteiger partial charge < -0.3 is 10.6 Å². The van der Waals surface area contributed by atoms with Crippen LogP contribution in [0, 0.1) is 12.8 Å². The summed E-state index contributed by atoms with van der Waals surface area (Å²) in [4.78, 5) is 16.8. The molecule has 0 spiro atoms. The Bertz CT molecular complexity index is 650. The van der Waals surface area contributed by atoms with Crippen molar-refractivity contribution >= 4 is 22.9 Å². The molecule has 0 bridgehead atoms. The molecule has 1 amide bonds. The number of aromatic nitrogens is 1. The smallest absolute Gasteiger partial charge is 0.227 e. The second kappa shape index (κ2) is 6.58. The van der Waals surface area contributed by atoms with Gasteiger partial charge in [0.1, 0.15) is 5.01 Å². The number of thiazole rings is 1. The Morgan fingerprint density at radius 1 is 1.36 bits per heavy atom. The van der Waals surface area contributed by atoms with Crippen LogP contribution < -0.4 is 10.6 Å². The highest BCUT2D eigenvalue weighted by atomic mass is 32.1. The minimum Gasteiger partial charge on any atom is -0.326 e. The van der Waals surface area contributed by atoms with Crippen LogP contribution in [0.3, 0.4) is 0 Å². The molecule has 1 aromatic carbocycles. The Balaban J connectivity index is 1.64. The molecule has 2 atom stereocenters. The molecule has 0 saturated carbocycles. The van der Waals surface area contributed by atoms with Crippen LogP contribution in [0.15, 0.2) is 29.6 Å². The molecule has 1 aliphatic heterocycles. The van der Waals surface area contributed by atoms with E-state index in [0.29, 0.717) is 6.04 Å². The first-order valence-electron chi connectivity index (χ1n) is 7.68. The summed E-state index contributed by atoms with van der Waals surface area (Å²) in [5, 5.41) is 9.47. The number of benzene rings is 1. The Morgan fingerprint density at radius 3 is 2.77 bits per heavy atom. The fourth-order valence-corrected chi connectivity index (χ4v) is 3.60. The summed E-state index contributed by atoms with van der Waals surface area (Å²) in [6, 6.07) is 8.35. The Morgan fingerprint density at radius 2 is 2.14 bits per heavy atom. The lowest BCUT2D eigenvalue weighted by atomic mass is 9.92. The fourth-order valence-electron chi connectivity index (χ4n) is 2.80. The first-order chi connectivity index (χ1) is 10.6. The van der Waals surface area contributed by atoms with E-state index in [1.54, 1.807) is 11.3 Å². The number of aryl methyl sites for hydroxylation is 1. The fraction of sp³-hybridized carbons (Fsp3) is 0.412. The van der Waals surface area contributed by atoms with Crippen LogP contribution in [-0.4, -0.2) is 23.5 Å². The minimum absolute atomic E-state index is 0.109. The number of nitrogens with zero attached hydrogens (tertiary/aromatic N) is 1. The zero-order valence-electron chi connectivity index (χ0n) is 12.9. The molecule has 116 valence electrons. The van der Waals surface area contributed by atoms with E-state index in [4.69, 9.17) is 0 Å². The lowest BCUT2D eigenvalue weighted by Gasteiger charge is -2.27. The third-order valence-corrected chi connectivity index (χ3v) is 5.02. The van der Waals surface area contributed by atoms with Crippen molar-refractivity contribution in [3.05, 3.63) is 35.3 Å². The standard InChI is InChI=1S/C17H21N3OS/c1-11-9-14(7-8-18-11)16(21)20-15-5-3-13(4-6-15)17-19-12(2)10-22-17/h3-6,10-11,14,18H,7-9H2,1-2H3,(H,20,21)/t11-,14-/m0/s1. The average Bonchev–Trinajstić information content (AvgIpc) is 2.94. The van der Waals surface area contributed by atoms with Gasteiger partial charge in [-0.2, -0.15) is 0 Å². The first-order valence-corrected chi connectivity index (χ1v) is 8.56. The topological polar surface area (TPSA) is 54.0 Å². The quantitative estimate of drug-likeness (QED) is 0.912. The van der Waals surface area contributed by atoms with Crippen LogP contribution in [-0.2, 0) is 4.79 Å². The maximum absolute atomic E-state index is 12.3. The molecule has 5 heteroatoms. The molecule has 0 aliphatic carbocycles. The molecule has 3 rings (SSSR count). The molecule has 1 aromatic heterocycles. The summed E-state index contributed by atoms with van der Waals surface area (Å²) in [5.74, 6) is 0.240. The molecule has 0 unspecified atom stereocenters. The average molecular weight is 315 g/mol. The van der Waals surface area contributed by atoms with E-state index in [2.05, 4.69) is 22.5 Å². The van der Waals surface area contributed by atoms with Crippen molar-refractivity contribution < 1.29 is 4.79 Å². The first kappa shape index (κ1) is 15.2. The highest BCUT2D eigenvalue weighted by molar-refractivity contribution is 7.13. The van der Waals surface area contributed by atoms with Crippen LogP contribution in [0.4, 0.5) is 5.69 Å². The lowest BCUT2D eigenvalue weighted by Crippen LogP contribution is -2.40. The Hall–Kier alpha value is -1.72. The van der Waals surface area contributed by atoms with Crippen LogP contribution in [0.5, 0.6) is 0 Å². The highest BCUT2D eigenvalue weighted by Gasteiger charge is 2.24. The molecule has 2 N–H and O–H groups in total. The summed E-state index contributed by atoms with van der Waals surface area (Å²) < 4.78 is 0. The van der Waals surface area contributed by atoms with E-state index >= 15 is 0 Å². The molecule has 22 heavy (non-hydrogen) atoms. The summed E-state index contributed by atoms with van der Waals surface area (Å²) in [6.07, 6.45) is 1.81. The van der Waals surface area contributed by atoms with Gasteiger partial charge in [0.05, 0.1) is 0 Å². The van der Waals surface area contributed by atoms with Crippen LogP contribution >= 0.6 is 11.3 Å². The summed E-state index contributed by atoms with van der Waals surface area (Å²) in [5.41, 5.74) is 2.98. The predicted molar refractivity (Wildman–Crippen MR) is 91.1 cm³/mol. The molecular formula is C17H21N3OS. The molecule has 1 fully saturated rings. The Labute approximate surface area is 135 Å². The van der Waals surface area contributed by atoms with Gasteiger partial charge in [0.2, 0.25) is 5.91 Å². The van der Waals surface area contributed by atoms with Crippen LogP contribution in [0.2, 0.25) is 0 Å². The van der Waals surface area contributed by atoms with Gasteiger partial charge in [0.25, 0.3) is 0 Å². The maximum Gasteiger partial charge on any atom is 0.227 e. The monoisotopic (exact) mass is 315 g/mol. The van der Waals surface area contributed by atoms with Crippen molar-refractivity contribution in [3.63, 3.8) is 0 Å². The second-order valence-electron chi connectivity index (χ2n) is 5.94. The van der Waals surface area contributed by atoms with Crippen LogP contribution in [0.1, 0.15) is 25.5 Å². The van der Waals surface area contributed by atoms with E-state index in [1.165, 1.54) is 0 Å². The van der Waals surface area contributed by atoms with E-state index < -0.39 is 0 Å². The van der Waals surface area contributed by atoms with E-state index in [0.717, 1.165) is 41.3 Å². The van der Waals surface area contributed by atoms with Gasteiger partial charge in [-0.25, -0.2) is 4.98 Å². The normalized spacial score (nSPS) is 21.5. The third kappa shape index (κ3) is 3.54. The maximum atomic E-state index is 12.3. The van der Waals surface area contributed by atoms with E-state index in [1.807, 2.05) is 36.6 Å². The van der Waals surface area contributed by atoms with Crippen molar-refractivity contribution in [1.29, 1.82) is 0 Å². The van der Waals surface area contributed by atoms with Gasteiger partial charge in [0, 0.05) is 34.3 Å².